The summed E-state index contributed by atoms with van der Waals surface area (Å²) >= 11 is 5.79. The van der Waals surface area contributed by atoms with E-state index < -0.39 is 22.5 Å². The van der Waals surface area contributed by atoms with Crippen LogP contribution in [0.4, 0.5) is 5.69 Å². The summed E-state index contributed by atoms with van der Waals surface area (Å²) in [5, 5.41) is 9.48. The highest BCUT2D eigenvalue weighted by Gasteiger charge is 2.28. The van der Waals surface area contributed by atoms with E-state index in [4.69, 9.17) is 16.7 Å². The van der Waals surface area contributed by atoms with E-state index in [0.717, 1.165) is 4.31 Å². The standard InChI is InChI=1S/C15H14ClNO4S/c1-11-4-2-3-5-14(11)22(20,21)17(10-15(18)19)13-8-6-12(16)7-9-13/h2-9H,10H2,1H3,(H,18,19). The minimum absolute atomic E-state index is 0.0752. The lowest BCUT2D eigenvalue weighted by molar-refractivity contribution is -0.135. The molecule has 2 aromatic carbocycles. The number of aliphatic carboxylic acids is 1. The van der Waals surface area contributed by atoms with Gasteiger partial charge in [-0.1, -0.05) is 29.8 Å². The second-order valence-electron chi connectivity index (χ2n) is 4.65. The zero-order valence-electron chi connectivity index (χ0n) is 11.7. The minimum atomic E-state index is -3.98. The van der Waals surface area contributed by atoms with Crippen LogP contribution in [0.5, 0.6) is 0 Å². The van der Waals surface area contributed by atoms with Crippen LogP contribution in [0.2, 0.25) is 5.02 Å². The van der Waals surface area contributed by atoms with E-state index in [1.807, 2.05) is 0 Å². The van der Waals surface area contributed by atoms with Crippen LogP contribution >= 0.6 is 11.6 Å². The van der Waals surface area contributed by atoms with Gasteiger partial charge in [-0.15, -0.1) is 0 Å². The van der Waals surface area contributed by atoms with Gasteiger partial charge < -0.3 is 5.11 Å². The van der Waals surface area contributed by atoms with Crippen LogP contribution < -0.4 is 4.31 Å². The number of hydrogen-bond donors (Lipinski definition) is 1. The molecule has 0 aliphatic rings. The van der Waals surface area contributed by atoms with Crippen LogP contribution in [0.1, 0.15) is 5.56 Å². The summed E-state index contributed by atoms with van der Waals surface area (Å²) in [7, 11) is -3.98. The molecular weight excluding hydrogens is 326 g/mol. The van der Waals surface area contributed by atoms with Crippen molar-refractivity contribution in [3.05, 3.63) is 59.1 Å². The van der Waals surface area contributed by atoms with Gasteiger partial charge >= 0.3 is 5.97 Å². The first-order valence-electron chi connectivity index (χ1n) is 6.38. The average molecular weight is 340 g/mol. The van der Waals surface area contributed by atoms with E-state index in [1.165, 1.54) is 30.3 Å². The molecule has 2 aromatic rings. The average Bonchev–Trinajstić information content (AvgIpc) is 2.46. The predicted molar refractivity (Wildman–Crippen MR) is 84.8 cm³/mol. The molecule has 5 nitrogen and oxygen atoms in total. The van der Waals surface area contributed by atoms with E-state index in [-0.39, 0.29) is 10.6 Å². The Hall–Kier alpha value is -2.05. The van der Waals surface area contributed by atoms with Gasteiger partial charge in [0.15, 0.2) is 0 Å². The summed E-state index contributed by atoms with van der Waals surface area (Å²) in [5.74, 6) is -1.24. The molecule has 0 saturated heterocycles. The number of carboxylic acids is 1. The number of anilines is 1. The first kappa shape index (κ1) is 16.3. The monoisotopic (exact) mass is 339 g/mol. The molecule has 0 aromatic heterocycles. The smallest absolute Gasteiger partial charge is 0.324 e. The van der Waals surface area contributed by atoms with Gasteiger partial charge in [0.05, 0.1) is 10.6 Å². The lowest BCUT2D eigenvalue weighted by Gasteiger charge is -2.23. The Bertz CT molecular complexity index is 787. The molecule has 0 bridgehead atoms. The van der Waals surface area contributed by atoms with Crippen LogP contribution in [0.3, 0.4) is 0 Å². The largest absolute Gasteiger partial charge is 0.480 e. The maximum absolute atomic E-state index is 12.8. The van der Waals surface area contributed by atoms with Crippen LogP contribution in [0.25, 0.3) is 0 Å². The van der Waals surface area contributed by atoms with Crippen LogP contribution in [-0.4, -0.2) is 26.0 Å². The summed E-state index contributed by atoms with van der Waals surface area (Å²) in [5.41, 5.74) is 0.793. The Kier molecular flexibility index (Phi) is 4.73. The summed E-state index contributed by atoms with van der Waals surface area (Å²) < 4.78 is 26.5. The lowest BCUT2D eigenvalue weighted by atomic mass is 10.2. The Balaban J connectivity index is 2.56. The van der Waals surface area contributed by atoms with Gasteiger partial charge in [-0.3, -0.25) is 9.10 Å². The predicted octanol–water partition coefficient (Wildman–Crippen LogP) is 2.93. The quantitative estimate of drug-likeness (QED) is 0.908. The van der Waals surface area contributed by atoms with Crippen molar-refractivity contribution in [3.8, 4) is 0 Å². The van der Waals surface area contributed by atoms with Crippen LogP contribution in [0.15, 0.2) is 53.4 Å². The van der Waals surface area contributed by atoms with E-state index in [2.05, 4.69) is 0 Å². The van der Waals surface area contributed by atoms with Gasteiger partial charge in [-0.05, 0) is 42.8 Å². The molecule has 0 atom stereocenters. The highest BCUT2D eigenvalue weighted by molar-refractivity contribution is 7.93. The Morgan fingerprint density at radius 2 is 1.73 bits per heavy atom. The zero-order valence-corrected chi connectivity index (χ0v) is 13.3. The number of halogens is 1. The molecular formula is C15H14ClNO4S. The summed E-state index contributed by atoms with van der Waals surface area (Å²) in [6, 6.07) is 12.4. The van der Waals surface area contributed by atoms with Crippen molar-refractivity contribution in [3.63, 3.8) is 0 Å². The van der Waals surface area contributed by atoms with Crippen molar-refractivity contribution >= 4 is 33.3 Å². The number of sulfonamides is 1. The third-order valence-corrected chi connectivity index (χ3v) is 5.24. The Labute approximate surface area is 133 Å². The van der Waals surface area contributed by atoms with Gasteiger partial charge in [-0.2, -0.15) is 0 Å². The van der Waals surface area contributed by atoms with E-state index in [9.17, 15) is 13.2 Å². The third-order valence-electron chi connectivity index (χ3n) is 3.06. The van der Waals surface area contributed by atoms with E-state index >= 15 is 0 Å². The number of benzene rings is 2. The van der Waals surface area contributed by atoms with Gasteiger partial charge in [0, 0.05) is 5.02 Å². The molecule has 0 heterocycles. The van der Waals surface area contributed by atoms with Crippen molar-refractivity contribution in [2.24, 2.45) is 0 Å². The molecule has 0 radical (unpaired) electrons. The molecule has 7 heteroatoms. The summed E-state index contributed by atoms with van der Waals surface area (Å²) in [4.78, 5) is 11.2. The first-order chi connectivity index (χ1) is 10.3. The van der Waals surface area contributed by atoms with Crippen molar-refractivity contribution in [2.75, 3.05) is 10.8 Å². The van der Waals surface area contributed by atoms with E-state index in [1.54, 1.807) is 25.1 Å². The number of carboxylic acid groups (broad SMARTS) is 1. The minimum Gasteiger partial charge on any atom is -0.480 e. The second-order valence-corrected chi connectivity index (χ2v) is 6.91. The number of hydrogen-bond acceptors (Lipinski definition) is 3. The highest BCUT2D eigenvalue weighted by Crippen LogP contribution is 2.26. The Morgan fingerprint density at radius 3 is 2.27 bits per heavy atom. The van der Waals surface area contributed by atoms with Crippen LogP contribution in [-0.2, 0) is 14.8 Å². The van der Waals surface area contributed by atoms with Gasteiger partial charge in [0.1, 0.15) is 6.54 Å². The molecule has 116 valence electrons. The number of aryl methyl sites for hydroxylation is 1. The van der Waals surface area contributed by atoms with Gasteiger partial charge in [0.25, 0.3) is 10.0 Å². The topological polar surface area (TPSA) is 74.7 Å². The Morgan fingerprint density at radius 1 is 1.14 bits per heavy atom. The SMILES string of the molecule is Cc1ccccc1S(=O)(=O)N(CC(=O)O)c1ccc(Cl)cc1. The van der Waals surface area contributed by atoms with E-state index in [0.29, 0.717) is 10.6 Å². The molecule has 0 saturated carbocycles. The molecule has 2 rings (SSSR count). The fourth-order valence-electron chi connectivity index (χ4n) is 2.01. The highest BCUT2D eigenvalue weighted by atomic mass is 35.5. The number of nitrogens with zero attached hydrogens (tertiary/aromatic N) is 1. The van der Waals surface area contributed by atoms with Crippen molar-refractivity contribution in [1.82, 2.24) is 0 Å². The fraction of sp³-hybridized carbons (Fsp3) is 0.133. The number of rotatable bonds is 5. The molecule has 1 N–H and O–H groups in total. The first-order valence-corrected chi connectivity index (χ1v) is 8.20. The van der Waals surface area contributed by atoms with Crippen molar-refractivity contribution in [1.29, 1.82) is 0 Å². The van der Waals surface area contributed by atoms with Gasteiger partial charge in [0.2, 0.25) is 0 Å². The summed E-state index contributed by atoms with van der Waals surface area (Å²) in [6.07, 6.45) is 0. The van der Waals surface area contributed by atoms with Crippen LogP contribution in [0, 0.1) is 6.92 Å². The van der Waals surface area contributed by atoms with Crippen molar-refractivity contribution < 1.29 is 18.3 Å². The molecule has 22 heavy (non-hydrogen) atoms. The molecule has 0 unspecified atom stereocenters. The van der Waals surface area contributed by atoms with Crippen molar-refractivity contribution in [2.45, 2.75) is 11.8 Å². The molecule has 0 amide bonds. The maximum atomic E-state index is 12.8. The summed E-state index contributed by atoms with van der Waals surface area (Å²) in [6.45, 7) is 0.992. The maximum Gasteiger partial charge on any atom is 0.324 e. The molecule has 0 aliphatic carbocycles. The molecule has 0 aliphatic heterocycles. The molecule has 0 spiro atoms. The van der Waals surface area contributed by atoms with Gasteiger partial charge in [-0.25, -0.2) is 8.42 Å². The zero-order chi connectivity index (χ0) is 16.3. The third kappa shape index (κ3) is 3.40. The second kappa shape index (κ2) is 6.37. The lowest BCUT2D eigenvalue weighted by Crippen LogP contribution is -2.36. The fourth-order valence-corrected chi connectivity index (χ4v) is 3.78. The molecule has 0 fully saturated rings. The normalized spacial score (nSPS) is 11.2. The number of carbonyl (C=O) groups is 1.